The van der Waals surface area contributed by atoms with E-state index in [1.807, 2.05) is 6.92 Å². The lowest BCUT2D eigenvalue weighted by Crippen LogP contribution is -2.34. The summed E-state index contributed by atoms with van der Waals surface area (Å²) >= 11 is 0. The summed E-state index contributed by atoms with van der Waals surface area (Å²) in [7, 11) is 1.69. The third kappa shape index (κ3) is 3.58. The highest BCUT2D eigenvalue weighted by molar-refractivity contribution is 5.94. The number of ether oxygens (including phenoxy) is 1. The molecule has 1 fully saturated rings. The molecule has 2 heterocycles. The number of rotatable bonds is 3. The van der Waals surface area contributed by atoms with E-state index in [9.17, 15) is 9.59 Å². The molecule has 1 unspecified atom stereocenters. The van der Waals surface area contributed by atoms with Gasteiger partial charge in [-0.3, -0.25) is 4.79 Å². The number of aromatic nitrogens is 1. The van der Waals surface area contributed by atoms with Gasteiger partial charge in [0.1, 0.15) is 11.4 Å². The van der Waals surface area contributed by atoms with E-state index >= 15 is 0 Å². The van der Waals surface area contributed by atoms with Crippen LogP contribution in [-0.2, 0) is 4.74 Å². The quantitative estimate of drug-likeness (QED) is 0.919. The van der Waals surface area contributed by atoms with Gasteiger partial charge < -0.3 is 14.7 Å². The van der Waals surface area contributed by atoms with Crippen molar-refractivity contribution in [3.63, 3.8) is 0 Å². The topological polar surface area (TPSA) is 79.7 Å². The number of pyridine rings is 1. The van der Waals surface area contributed by atoms with E-state index in [0.717, 1.165) is 19.3 Å². The van der Waals surface area contributed by atoms with Gasteiger partial charge in [0.25, 0.3) is 5.91 Å². The van der Waals surface area contributed by atoms with Gasteiger partial charge in [-0.05, 0) is 38.3 Å². The number of carbonyl (C=O) groups is 2. The molecule has 1 aromatic rings. The first kappa shape index (κ1) is 15.4. The van der Waals surface area contributed by atoms with Crippen molar-refractivity contribution in [1.82, 2.24) is 9.88 Å². The number of carboxylic acid groups (broad SMARTS) is 1. The average molecular weight is 292 g/mol. The third-order valence-electron chi connectivity index (χ3n) is 4.01. The summed E-state index contributed by atoms with van der Waals surface area (Å²) in [5.41, 5.74) is -0.140. The van der Waals surface area contributed by atoms with E-state index in [1.54, 1.807) is 24.1 Å². The zero-order chi connectivity index (χ0) is 15.5. The van der Waals surface area contributed by atoms with Gasteiger partial charge in [0.15, 0.2) is 0 Å². The van der Waals surface area contributed by atoms with Gasteiger partial charge in [-0.15, -0.1) is 0 Å². The monoisotopic (exact) mass is 292 g/mol. The predicted molar refractivity (Wildman–Crippen MR) is 76.4 cm³/mol. The summed E-state index contributed by atoms with van der Waals surface area (Å²) in [6.45, 7) is 3.27. The maximum Gasteiger partial charge on any atom is 0.354 e. The highest BCUT2D eigenvalue weighted by atomic mass is 16.5. The van der Waals surface area contributed by atoms with Crippen LogP contribution in [0.5, 0.6) is 0 Å². The molecule has 0 saturated carbocycles. The second kappa shape index (κ2) is 6.22. The van der Waals surface area contributed by atoms with Crippen LogP contribution in [0.2, 0.25) is 0 Å². The number of carboxylic acids is 1. The van der Waals surface area contributed by atoms with Crippen LogP contribution in [-0.4, -0.2) is 52.7 Å². The molecule has 0 spiro atoms. The summed E-state index contributed by atoms with van der Waals surface area (Å²) < 4.78 is 5.51. The predicted octanol–water partition coefficient (Wildman–Crippen LogP) is 1.81. The molecule has 0 radical (unpaired) electrons. The van der Waals surface area contributed by atoms with Crippen LogP contribution in [0.4, 0.5) is 0 Å². The molecular formula is C15H20N2O4. The Bertz CT molecular complexity index is 546. The molecule has 1 aromatic heterocycles. The number of methoxy groups -OCH3 is 1. The minimum absolute atomic E-state index is 0.114. The smallest absolute Gasteiger partial charge is 0.354 e. The minimum atomic E-state index is -1.13. The van der Waals surface area contributed by atoms with Crippen LogP contribution in [0.1, 0.15) is 47.2 Å². The standard InChI is InChI=1S/C15H20N2O4/c1-15(21-2)7-4-9-17(10-8-15)13(18)11-5-3-6-12(16-11)14(19)20/h3,5-6H,4,7-10H2,1-2H3,(H,19,20). The van der Waals surface area contributed by atoms with Gasteiger partial charge in [0, 0.05) is 20.2 Å². The Morgan fingerprint density at radius 1 is 1.29 bits per heavy atom. The summed E-state index contributed by atoms with van der Waals surface area (Å²) in [4.78, 5) is 29.0. The second-order valence-electron chi connectivity index (χ2n) is 5.51. The number of carbonyl (C=O) groups excluding carboxylic acids is 1. The van der Waals surface area contributed by atoms with Crippen LogP contribution in [0.25, 0.3) is 0 Å². The van der Waals surface area contributed by atoms with Gasteiger partial charge in [-0.1, -0.05) is 6.07 Å². The zero-order valence-electron chi connectivity index (χ0n) is 12.3. The molecule has 1 N–H and O–H groups in total. The van der Waals surface area contributed by atoms with E-state index < -0.39 is 5.97 Å². The first-order valence-electron chi connectivity index (χ1n) is 7.00. The van der Waals surface area contributed by atoms with Gasteiger partial charge in [-0.25, -0.2) is 9.78 Å². The molecule has 114 valence electrons. The molecule has 1 atom stereocenters. The molecule has 2 rings (SSSR count). The normalized spacial score (nSPS) is 22.7. The van der Waals surface area contributed by atoms with E-state index in [1.165, 1.54) is 6.07 Å². The molecule has 6 nitrogen and oxygen atoms in total. The maximum absolute atomic E-state index is 12.5. The average Bonchev–Trinajstić information content (AvgIpc) is 2.69. The molecule has 0 aliphatic carbocycles. The van der Waals surface area contributed by atoms with E-state index in [4.69, 9.17) is 9.84 Å². The van der Waals surface area contributed by atoms with Gasteiger partial charge >= 0.3 is 5.97 Å². The van der Waals surface area contributed by atoms with Gasteiger partial charge in [0.05, 0.1) is 5.60 Å². The lowest BCUT2D eigenvalue weighted by atomic mass is 9.97. The summed E-state index contributed by atoms with van der Waals surface area (Å²) in [6.07, 6.45) is 2.51. The molecule has 0 bridgehead atoms. The van der Waals surface area contributed by atoms with Crippen molar-refractivity contribution in [2.24, 2.45) is 0 Å². The van der Waals surface area contributed by atoms with Gasteiger partial charge in [0.2, 0.25) is 0 Å². The number of nitrogens with zero attached hydrogens (tertiary/aromatic N) is 2. The Kier molecular flexibility index (Phi) is 4.57. The fourth-order valence-electron chi connectivity index (χ4n) is 2.49. The number of aromatic carboxylic acids is 1. The van der Waals surface area contributed by atoms with Crippen LogP contribution < -0.4 is 0 Å². The Morgan fingerprint density at radius 3 is 2.67 bits per heavy atom. The summed E-state index contributed by atoms with van der Waals surface area (Å²) in [6, 6.07) is 4.47. The molecule has 0 aromatic carbocycles. The van der Waals surface area contributed by atoms with Crippen molar-refractivity contribution in [2.75, 3.05) is 20.2 Å². The molecule has 1 aliphatic rings. The minimum Gasteiger partial charge on any atom is -0.477 e. The Hall–Kier alpha value is -1.95. The fraction of sp³-hybridized carbons (Fsp3) is 0.533. The van der Waals surface area contributed by atoms with Gasteiger partial charge in [-0.2, -0.15) is 0 Å². The largest absolute Gasteiger partial charge is 0.477 e. The van der Waals surface area contributed by atoms with Crippen LogP contribution in [0.3, 0.4) is 0 Å². The molecule has 6 heteroatoms. The second-order valence-corrected chi connectivity index (χ2v) is 5.51. The van der Waals surface area contributed by atoms with Crippen molar-refractivity contribution < 1.29 is 19.4 Å². The SMILES string of the molecule is COC1(C)CCCN(C(=O)c2cccc(C(=O)O)n2)CC1. The first-order valence-corrected chi connectivity index (χ1v) is 7.00. The molecule has 1 amide bonds. The number of hydrogen-bond acceptors (Lipinski definition) is 4. The summed E-state index contributed by atoms with van der Waals surface area (Å²) in [5, 5.41) is 8.94. The third-order valence-corrected chi connectivity index (χ3v) is 4.01. The van der Waals surface area contributed by atoms with E-state index in [2.05, 4.69) is 4.98 Å². The fourth-order valence-corrected chi connectivity index (χ4v) is 2.49. The van der Waals surface area contributed by atoms with Crippen molar-refractivity contribution >= 4 is 11.9 Å². The van der Waals surface area contributed by atoms with E-state index in [0.29, 0.717) is 13.1 Å². The lowest BCUT2D eigenvalue weighted by molar-refractivity contribution is -0.00538. The van der Waals surface area contributed by atoms with Crippen LogP contribution >= 0.6 is 0 Å². The van der Waals surface area contributed by atoms with Crippen LogP contribution in [0.15, 0.2) is 18.2 Å². The number of hydrogen-bond donors (Lipinski definition) is 1. The molecule has 1 saturated heterocycles. The maximum atomic E-state index is 12.5. The molecule has 1 aliphatic heterocycles. The Morgan fingerprint density at radius 2 is 2.00 bits per heavy atom. The molecule has 21 heavy (non-hydrogen) atoms. The molecular weight excluding hydrogens is 272 g/mol. The highest BCUT2D eigenvalue weighted by Gasteiger charge is 2.29. The van der Waals surface area contributed by atoms with Crippen molar-refractivity contribution in [2.45, 2.75) is 31.8 Å². The highest BCUT2D eigenvalue weighted by Crippen LogP contribution is 2.25. The number of amides is 1. The van der Waals surface area contributed by atoms with Crippen molar-refractivity contribution in [3.8, 4) is 0 Å². The zero-order valence-corrected chi connectivity index (χ0v) is 12.3. The van der Waals surface area contributed by atoms with E-state index in [-0.39, 0.29) is 22.9 Å². The number of likely N-dealkylation sites (tertiary alicyclic amines) is 1. The summed E-state index contributed by atoms with van der Waals surface area (Å²) in [5.74, 6) is -1.36. The lowest BCUT2D eigenvalue weighted by Gasteiger charge is -2.26. The Balaban J connectivity index is 2.13. The van der Waals surface area contributed by atoms with Crippen molar-refractivity contribution in [1.29, 1.82) is 0 Å². The Labute approximate surface area is 123 Å². The first-order chi connectivity index (χ1) is 9.95. The van der Waals surface area contributed by atoms with Crippen molar-refractivity contribution in [3.05, 3.63) is 29.6 Å². The van der Waals surface area contributed by atoms with Crippen LogP contribution in [0, 0.1) is 0 Å².